The number of anilines is 1. The lowest BCUT2D eigenvalue weighted by Crippen LogP contribution is -2.46. The Kier molecular flexibility index (Phi) is 5.08. The predicted molar refractivity (Wildman–Crippen MR) is 108 cm³/mol. The predicted octanol–water partition coefficient (Wildman–Crippen LogP) is 3.94. The Morgan fingerprint density at radius 3 is 2.54 bits per heavy atom. The summed E-state index contributed by atoms with van der Waals surface area (Å²) in [4.78, 5) is 32.2. The van der Waals surface area contributed by atoms with E-state index in [-0.39, 0.29) is 11.8 Å². The minimum absolute atomic E-state index is 0.206. The highest BCUT2D eigenvalue weighted by molar-refractivity contribution is 6.31. The molecule has 0 spiro atoms. The Balaban J connectivity index is 1.75. The first-order valence-corrected chi connectivity index (χ1v) is 9.34. The van der Waals surface area contributed by atoms with Crippen LogP contribution in [0.3, 0.4) is 0 Å². The van der Waals surface area contributed by atoms with E-state index in [4.69, 9.17) is 11.6 Å². The number of halogens is 1. The lowest BCUT2D eigenvalue weighted by Gasteiger charge is -2.29. The molecule has 5 nitrogen and oxygen atoms in total. The van der Waals surface area contributed by atoms with E-state index in [1.165, 1.54) is 0 Å². The fraction of sp³-hybridized carbons (Fsp3) is 0.136. The number of pyridine rings is 1. The summed E-state index contributed by atoms with van der Waals surface area (Å²) in [6.07, 6.45) is 3.77. The molecule has 0 bridgehead atoms. The van der Waals surface area contributed by atoms with Crippen LogP contribution in [0.5, 0.6) is 0 Å². The van der Waals surface area contributed by atoms with Crippen molar-refractivity contribution in [3.8, 4) is 0 Å². The fourth-order valence-electron chi connectivity index (χ4n) is 3.37. The second-order valence-electron chi connectivity index (χ2n) is 6.68. The topological polar surface area (TPSA) is 62.3 Å². The van der Waals surface area contributed by atoms with Gasteiger partial charge in [0.25, 0.3) is 5.91 Å². The van der Waals surface area contributed by atoms with Gasteiger partial charge in [0.05, 0.1) is 11.3 Å². The van der Waals surface area contributed by atoms with E-state index >= 15 is 0 Å². The van der Waals surface area contributed by atoms with Crippen LogP contribution in [0, 0.1) is 0 Å². The Bertz CT molecular complexity index is 1010. The zero-order valence-corrected chi connectivity index (χ0v) is 15.8. The molecule has 0 aliphatic carbocycles. The number of aromatic nitrogens is 1. The lowest BCUT2D eigenvalue weighted by molar-refractivity contribution is -0.120. The fourth-order valence-corrected chi connectivity index (χ4v) is 3.54. The normalized spacial score (nSPS) is 16.3. The quantitative estimate of drug-likeness (QED) is 0.732. The van der Waals surface area contributed by atoms with Gasteiger partial charge in [0.1, 0.15) is 6.04 Å². The Labute approximate surface area is 168 Å². The van der Waals surface area contributed by atoms with Gasteiger partial charge < -0.3 is 10.2 Å². The smallest absolute Gasteiger partial charge is 0.256 e. The molecule has 3 aromatic rings. The zero-order valence-electron chi connectivity index (χ0n) is 15.0. The van der Waals surface area contributed by atoms with E-state index in [1.54, 1.807) is 35.5 Å². The van der Waals surface area contributed by atoms with Crippen molar-refractivity contribution < 1.29 is 9.59 Å². The van der Waals surface area contributed by atoms with Gasteiger partial charge in [-0.1, -0.05) is 48.0 Å². The van der Waals surface area contributed by atoms with Crippen LogP contribution in [0.25, 0.3) is 0 Å². The summed E-state index contributed by atoms with van der Waals surface area (Å²) in [6, 6.07) is 17.6. The molecule has 6 heteroatoms. The number of carbonyl (C=O) groups excluding carboxylic acids is 2. The number of fused-ring (bicyclic) bond motifs is 1. The number of rotatable bonds is 4. The maximum atomic E-state index is 13.4. The monoisotopic (exact) mass is 391 g/mol. The Hall–Kier alpha value is -3.18. The van der Waals surface area contributed by atoms with Crippen molar-refractivity contribution in [1.29, 1.82) is 0 Å². The van der Waals surface area contributed by atoms with Crippen LogP contribution in [0.4, 0.5) is 5.69 Å². The number of nitrogens with one attached hydrogen (secondary N) is 1. The molecule has 0 saturated carbocycles. The summed E-state index contributed by atoms with van der Waals surface area (Å²) in [6.45, 7) is 0.333. The summed E-state index contributed by atoms with van der Waals surface area (Å²) in [5, 5.41) is 3.34. The maximum absolute atomic E-state index is 13.4. The van der Waals surface area contributed by atoms with E-state index in [0.717, 1.165) is 11.1 Å². The highest BCUT2D eigenvalue weighted by atomic mass is 35.5. The third-order valence-electron chi connectivity index (χ3n) is 4.76. The van der Waals surface area contributed by atoms with E-state index in [1.807, 2.05) is 42.5 Å². The molecule has 2 heterocycles. The van der Waals surface area contributed by atoms with E-state index in [2.05, 4.69) is 10.3 Å². The number of amides is 2. The Morgan fingerprint density at radius 1 is 1.00 bits per heavy atom. The van der Waals surface area contributed by atoms with Crippen LogP contribution in [0.1, 0.15) is 21.5 Å². The second kappa shape index (κ2) is 7.82. The van der Waals surface area contributed by atoms with Crippen LogP contribution in [-0.4, -0.2) is 27.7 Å². The number of nitrogens with zero attached hydrogens (tertiary/aromatic N) is 2. The van der Waals surface area contributed by atoms with Crippen molar-refractivity contribution in [2.24, 2.45) is 0 Å². The van der Waals surface area contributed by atoms with Gasteiger partial charge in [-0.3, -0.25) is 14.6 Å². The molecule has 0 fully saturated rings. The first kappa shape index (κ1) is 18.2. The number of benzene rings is 2. The molecule has 140 valence electrons. The lowest BCUT2D eigenvalue weighted by atomic mass is 10.0. The molecule has 1 aliphatic heterocycles. The van der Waals surface area contributed by atoms with Gasteiger partial charge in [0.15, 0.2) is 0 Å². The van der Waals surface area contributed by atoms with Gasteiger partial charge in [0.2, 0.25) is 5.91 Å². The van der Waals surface area contributed by atoms with Crippen molar-refractivity contribution in [2.75, 3.05) is 5.32 Å². The van der Waals surface area contributed by atoms with Crippen molar-refractivity contribution in [1.82, 2.24) is 9.88 Å². The molecular weight excluding hydrogens is 374 g/mol. The molecule has 28 heavy (non-hydrogen) atoms. The van der Waals surface area contributed by atoms with Gasteiger partial charge >= 0.3 is 0 Å². The molecule has 2 amide bonds. The van der Waals surface area contributed by atoms with E-state index < -0.39 is 6.04 Å². The summed E-state index contributed by atoms with van der Waals surface area (Å²) in [5.74, 6) is -0.447. The van der Waals surface area contributed by atoms with Gasteiger partial charge in [0, 0.05) is 30.4 Å². The molecule has 1 N–H and O–H groups in total. The average Bonchev–Trinajstić information content (AvgIpc) is 2.79. The average molecular weight is 392 g/mol. The van der Waals surface area contributed by atoms with Crippen molar-refractivity contribution in [3.05, 3.63) is 94.8 Å². The Morgan fingerprint density at radius 2 is 1.79 bits per heavy atom. The summed E-state index contributed by atoms with van der Waals surface area (Å²) in [7, 11) is 0. The third-order valence-corrected chi connectivity index (χ3v) is 4.99. The van der Waals surface area contributed by atoms with Crippen molar-refractivity contribution in [3.63, 3.8) is 0 Å². The molecule has 0 saturated heterocycles. The maximum Gasteiger partial charge on any atom is 0.256 e. The van der Waals surface area contributed by atoms with Crippen LogP contribution in [-0.2, 0) is 17.8 Å². The van der Waals surface area contributed by atoms with Crippen molar-refractivity contribution >= 4 is 29.1 Å². The first-order valence-electron chi connectivity index (χ1n) is 8.96. The van der Waals surface area contributed by atoms with Crippen LogP contribution < -0.4 is 5.32 Å². The summed E-state index contributed by atoms with van der Waals surface area (Å²) in [5.41, 5.74) is 2.71. The second-order valence-corrected chi connectivity index (χ2v) is 7.12. The molecule has 1 aliphatic rings. The van der Waals surface area contributed by atoms with Crippen LogP contribution in [0.2, 0.25) is 5.02 Å². The number of hydrogen-bond acceptors (Lipinski definition) is 3. The molecule has 1 aromatic heterocycles. The van der Waals surface area contributed by atoms with E-state index in [0.29, 0.717) is 29.2 Å². The van der Waals surface area contributed by atoms with Gasteiger partial charge in [-0.05, 0) is 35.4 Å². The standard InChI is InChI=1S/C22H18ClN3O2/c23-17-8-9-18-19(12-17)25-21(27)20(11-16-7-4-10-24-13-16)26(22(18)28)14-15-5-2-1-3-6-15/h1-10,12-13,20H,11,14H2,(H,25,27). The van der Waals surface area contributed by atoms with E-state index in [9.17, 15) is 9.59 Å². The van der Waals surface area contributed by atoms with Gasteiger partial charge in [-0.25, -0.2) is 0 Å². The van der Waals surface area contributed by atoms with Crippen LogP contribution in [0.15, 0.2) is 73.1 Å². The molecule has 1 unspecified atom stereocenters. The third kappa shape index (κ3) is 3.75. The summed E-state index contributed by atoms with van der Waals surface area (Å²) < 4.78 is 0. The van der Waals surface area contributed by atoms with Gasteiger partial charge in [-0.15, -0.1) is 0 Å². The molecule has 2 aromatic carbocycles. The minimum Gasteiger partial charge on any atom is -0.323 e. The SMILES string of the molecule is O=C1Nc2cc(Cl)ccc2C(=O)N(Cc2ccccc2)C1Cc1cccnc1. The highest BCUT2D eigenvalue weighted by Gasteiger charge is 2.35. The largest absolute Gasteiger partial charge is 0.323 e. The summed E-state index contributed by atoms with van der Waals surface area (Å²) >= 11 is 6.07. The molecule has 0 radical (unpaired) electrons. The molecule has 4 rings (SSSR count). The number of hydrogen-bond donors (Lipinski definition) is 1. The van der Waals surface area contributed by atoms with Crippen molar-refractivity contribution in [2.45, 2.75) is 19.0 Å². The minimum atomic E-state index is -0.664. The molecule has 1 atom stereocenters. The van der Waals surface area contributed by atoms with Crippen LogP contribution >= 0.6 is 11.6 Å². The zero-order chi connectivity index (χ0) is 19.5. The van der Waals surface area contributed by atoms with Gasteiger partial charge in [-0.2, -0.15) is 0 Å². The molecular formula is C22H18ClN3O2. The first-order chi connectivity index (χ1) is 13.6. The number of carbonyl (C=O) groups is 2. The highest BCUT2D eigenvalue weighted by Crippen LogP contribution is 2.28.